The van der Waals surface area contributed by atoms with E-state index in [1.54, 1.807) is 7.05 Å². The predicted molar refractivity (Wildman–Crippen MR) is 78.6 cm³/mol. The lowest BCUT2D eigenvalue weighted by Gasteiger charge is -2.15. The highest BCUT2D eigenvalue weighted by molar-refractivity contribution is 6.31. The third-order valence-corrected chi connectivity index (χ3v) is 3.52. The van der Waals surface area contributed by atoms with Gasteiger partial charge in [-0.05, 0) is 24.5 Å². The summed E-state index contributed by atoms with van der Waals surface area (Å²) in [7, 11) is 1.76. The van der Waals surface area contributed by atoms with Crippen LogP contribution in [0.15, 0.2) is 29.3 Å². The van der Waals surface area contributed by atoms with Crippen molar-refractivity contribution < 1.29 is 4.74 Å². The molecular weight excluding hydrogens is 262 g/mol. The van der Waals surface area contributed by atoms with Gasteiger partial charge in [-0.15, -0.1) is 0 Å². The Balaban J connectivity index is 1.78. The molecule has 0 aromatic heterocycles. The summed E-state index contributed by atoms with van der Waals surface area (Å²) >= 11 is 6.11. The van der Waals surface area contributed by atoms with Crippen molar-refractivity contribution >= 4 is 17.6 Å². The average Bonchev–Trinajstić information content (AvgIpc) is 2.94. The molecule has 2 N–H and O–H groups in total. The summed E-state index contributed by atoms with van der Waals surface area (Å²) in [4.78, 5) is 4.19. The molecule has 1 heterocycles. The zero-order chi connectivity index (χ0) is 13.5. The first-order chi connectivity index (χ1) is 9.29. The third kappa shape index (κ3) is 4.40. The molecule has 1 aliphatic rings. The summed E-state index contributed by atoms with van der Waals surface area (Å²) in [6, 6.07) is 7.80. The minimum Gasteiger partial charge on any atom is -0.376 e. The molecule has 2 rings (SSSR count). The van der Waals surface area contributed by atoms with Gasteiger partial charge >= 0.3 is 0 Å². The largest absolute Gasteiger partial charge is 0.376 e. The molecule has 1 aromatic rings. The van der Waals surface area contributed by atoms with Crippen molar-refractivity contribution in [1.29, 1.82) is 0 Å². The van der Waals surface area contributed by atoms with Crippen LogP contribution in [0, 0.1) is 0 Å². The Labute approximate surface area is 119 Å². The fraction of sp³-hybridized carbons (Fsp3) is 0.500. The van der Waals surface area contributed by atoms with Crippen LogP contribution in [0.3, 0.4) is 0 Å². The molecule has 0 amide bonds. The fourth-order valence-corrected chi connectivity index (χ4v) is 2.26. The molecule has 0 radical (unpaired) electrons. The highest BCUT2D eigenvalue weighted by Crippen LogP contribution is 2.14. The van der Waals surface area contributed by atoms with Crippen molar-refractivity contribution in [2.24, 2.45) is 4.99 Å². The molecule has 1 atom stereocenters. The van der Waals surface area contributed by atoms with Gasteiger partial charge in [0.25, 0.3) is 0 Å². The second-order valence-corrected chi connectivity index (χ2v) is 4.94. The fourth-order valence-electron chi connectivity index (χ4n) is 2.06. The van der Waals surface area contributed by atoms with Gasteiger partial charge in [-0.2, -0.15) is 0 Å². The molecule has 1 saturated heterocycles. The van der Waals surface area contributed by atoms with Crippen LogP contribution in [0.1, 0.15) is 18.4 Å². The van der Waals surface area contributed by atoms with E-state index in [-0.39, 0.29) is 0 Å². The molecule has 0 saturated carbocycles. The first-order valence-corrected chi connectivity index (χ1v) is 6.97. The zero-order valence-corrected chi connectivity index (χ0v) is 11.9. The van der Waals surface area contributed by atoms with E-state index in [4.69, 9.17) is 16.3 Å². The molecule has 1 unspecified atom stereocenters. The van der Waals surface area contributed by atoms with Gasteiger partial charge in [0.05, 0.1) is 6.10 Å². The first kappa shape index (κ1) is 14.2. The maximum absolute atomic E-state index is 6.11. The van der Waals surface area contributed by atoms with Gasteiger partial charge in [-0.3, -0.25) is 4.99 Å². The maximum Gasteiger partial charge on any atom is 0.191 e. The number of nitrogens with one attached hydrogen (secondary N) is 2. The Hall–Kier alpha value is -1.26. The lowest BCUT2D eigenvalue weighted by Crippen LogP contribution is -2.40. The van der Waals surface area contributed by atoms with Gasteiger partial charge < -0.3 is 15.4 Å². The van der Waals surface area contributed by atoms with E-state index >= 15 is 0 Å². The Morgan fingerprint density at radius 2 is 2.26 bits per heavy atom. The lowest BCUT2D eigenvalue weighted by molar-refractivity contribution is 0.114. The number of hydrogen-bond acceptors (Lipinski definition) is 2. The Kier molecular flexibility index (Phi) is 5.48. The summed E-state index contributed by atoms with van der Waals surface area (Å²) in [5, 5.41) is 7.29. The van der Waals surface area contributed by atoms with Crippen molar-refractivity contribution in [1.82, 2.24) is 10.6 Å². The minimum atomic E-state index is 0.305. The molecule has 1 fully saturated rings. The van der Waals surface area contributed by atoms with Crippen LogP contribution in [0.2, 0.25) is 5.02 Å². The number of rotatable bonds is 4. The van der Waals surface area contributed by atoms with Gasteiger partial charge in [0.2, 0.25) is 0 Å². The number of nitrogens with zero attached hydrogens (tertiary/aromatic N) is 1. The van der Waals surface area contributed by atoms with E-state index in [9.17, 15) is 0 Å². The van der Waals surface area contributed by atoms with Crippen LogP contribution < -0.4 is 10.6 Å². The van der Waals surface area contributed by atoms with Crippen molar-refractivity contribution in [3.05, 3.63) is 34.9 Å². The van der Waals surface area contributed by atoms with Crippen molar-refractivity contribution in [3.8, 4) is 0 Å². The third-order valence-electron chi connectivity index (χ3n) is 3.15. The highest BCUT2D eigenvalue weighted by atomic mass is 35.5. The topological polar surface area (TPSA) is 45.7 Å². The molecule has 0 bridgehead atoms. The second kappa shape index (κ2) is 7.36. The summed E-state index contributed by atoms with van der Waals surface area (Å²) < 4.78 is 5.56. The molecule has 1 aliphatic heterocycles. The Morgan fingerprint density at radius 3 is 2.95 bits per heavy atom. The number of guanidine groups is 1. The maximum atomic E-state index is 6.11. The summed E-state index contributed by atoms with van der Waals surface area (Å²) in [6.45, 7) is 2.32. The van der Waals surface area contributed by atoms with E-state index in [2.05, 4.69) is 15.6 Å². The number of hydrogen-bond donors (Lipinski definition) is 2. The molecule has 0 aliphatic carbocycles. The van der Waals surface area contributed by atoms with E-state index < -0.39 is 0 Å². The lowest BCUT2D eigenvalue weighted by atomic mass is 10.2. The monoisotopic (exact) mass is 281 g/mol. The van der Waals surface area contributed by atoms with Crippen molar-refractivity contribution in [2.45, 2.75) is 25.5 Å². The molecule has 0 spiro atoms. The Bertz CT molecular complexity index is 430. The molecule has 19 heavy (non-hydrogen) atoms. The molecule has 4 nitrogen and oxygen atoms in total. The SMILES string of the molecule is CN=C(NCc1ccccc1Cl)NCC1CCCO1. The Morgan fingerprint density at radius 1 is 1.42 bits per heavy atom. The van der Waals surface area contributed by atoms with E-state index in [1.807, 2.05) is 24.3 Å². The van der Waals surface area contributed by atoms with Crippen LogP contribution in [0.4, 0.5) is 0 Å². The number of halogens is 1. The zero-order valence-electron chi connectivity index (χ0n) is 11.2. The van der Waals surface area contributed by atoms with Gasteiger partial charge in [0, 0.05) is 31.8 Å². The normalized spacial score (nSPS) is 19.5. The first-order valence-electron chi connectivity index (χ1n) is 6.59. The number of aliphatic imine (C=N–C) groups is 1. The van der Waals surface area contributed by atoms with Gasteiger partial charge in [0.1, 0.15) is 0 Å². The standard InChI is InChI=1S/C14H20ClN3O/c1-16-14(18-10-12-6-4-8-19-12)17-9-11-5-2-3-7-13(11)15/h2-3,5,7,12H,4,6,8-10H2,1H3,(H2,16,17,18). The molecule has 5 heteroatoms. The van der Waals surface area contributed by atoms with Gasteiger partial charge in [-0.25, -0.2) is 0 Å². The number of ether oxygens (including phenoxy) is 1. The highest BCUT2D eigenvalue weighted by Gasteiger charge is 2.15. The predicted octanol–water partition coefficient (Wildman–Crippen LogP) is 2.18. The van der Waals surface area contributed by atoms with Crippen molar-refractivity contribution in [2.75, 3.05) is 20.2 Å². The average molecular weight is 282 g/mol. The van der Waals surface area contributed by atoms with Gasteiger partial charge in [0.15, 0.2) is 5.96 Å². The van der Waals surface area contributed by atoms with E-state index in [0.717, 1.165) is 42.5 Å². The van der Waals surface area contributed by atoms with Crippen molar-refractivity contribution in [3.63, 3.8) is 0 Å². The van der Waals surface area contributed by atoms with Crippen LogP contribution in [-0.4, -0.2) is 32.3 Å². The van der Waals surface area contributed by atoms with E-state index in [1.165, 1.54) is 0 Å². The van der Waals surface area contributed by atoms with Crippen LogP contribution in [0.5, 0.6) is 0 Å². The van der Waals surface area contributed by atoms with E-state index in [0.29, 0.717) is 12.6 Å². The quantitative estimate of drug-likeness (QED) is 0.657. The number of benzene rings is 1. The summed E-state index contributed by atoms with van der Waals surface area (Å²) in [5.74, 6) is 0.774. The molecule has 104 valence electrons. The van der Waals surface area contributed by atoms with Crippen LogP contribution >= 0.6 is 11.6 Å². The molecular formula is C14H20ClN3O. The van der Waals surface area contributed by atoms with Crippen LogP contribution in [0.25, 0.3) is 0 Å². The van der Waals surface area contributed by atoms with Crippen LogP contribution in [-0.2, 0) is 11.3 Å². The molecule has 1 aromatic carbocycles. The smallest absolute Gasteiger partial charge is 0.191 e. The van der Waals surface area contributed by atoms with Gasteiger partial charge in [-0.1, -0.05) is 29.8 Å². The summed E-state index contributed by atoms with van der Waals surface area (Å²) in [6.07, 6.45) is 2.57. The minimum absolute atomic E-state index is 0.305. The summed E-state index contributed by atoms with van der Waals surface area (Å²) in [5.41, 5.74) is 1.06. The second-order valence-electron chi connectivity index (χ2n) is 4.53.